The Balaban J connectivity index is 3.58. The van der Waals surface area contributed by atoms with Gasteiger partial charge in [-0.3, -0.25) is 0 Å². The molecule has 0 aliphatic heterocycles. The first-order valence-electron chi connectivity index (χ1n) is 2.24. The van der Waals surface area contributed by atoms with Crippen molar-refractivity contribution in [3.8, 4) is 0 Å². The third kappa shape index (κ3) is 2.68. The summed E-state index contributed by atoms with van der Waals surface area (Å²) in [5, 5.41) is 0. The van der Waals surface area contributed by atoms with Crippen molar-refractivity contribution in [3.05, 3.63) is 6.42 Å². The molecule has 0 fully saturated rings. The SMILES string of the molecule is C[CH]C(C)(C)[S+]=O. The van der Waals surface area contributed by atoms with E-state index in [0.29, 0.717) is 11.7 Å². The summed E-state index contributed by atoms with van der Waals surface area (Å²) in [5.41, 5.74) is 0. The average Bonchev–Trinajstić information content (AvgIpc) is 1.68. The van der Waals surface area contributed by atoms with Crippen molar-refractivity contribution >= 4 is 11.7 Å². The van der Waals surface area contributed by atoms with Crippen molar-refractivity contribution in [2.24, 2.45) is 0 Å². The Morgan fingerprint density at radius 1 is 1.57 bits per heavy atom. The molecule has 0 amide bonds. The summed E-state index contributed by atoms with van der Waals surface area (Å²) in [6.07, 6.45) is 1.89. The lowest BCUT2D eigenvalue weighted by Gasteiger charge is -1.94. The van der Waals surface area contributed by atoms with Crippen LogP contribution in [0.2, 0.25) is 0 Å². The molecular weight excluding hydrogens is 108 g/mol. The van der Waals surface area contributed by atoms with Crippen molar-refractivity contribution < 1.29 is 4.21 Å². The topological polar surface area (TPSA) is 17.1 Å². The second-order valence-electron chi connectivity index (χ2n) is 1.98. The molecule has 0 heterocycles. The van der Waals surface area contributed by atoms with Crippen LogP contribution in [0.1, 0.15) is 20.8 Å². The molecule has 1 nitrogen and oxygen atoms in total. The summed E-state index contributed by atoms with van der Waals surface area (Å²) in [6, 6.07) is 0. The van der Waals surface area contributed by atoms with Gasteiger partial charge in [0.2, 0.25) is 4.75 Å². The molecule has 0 saturated carbocycles. The minimum Gasteiger partial charge on any atom is -0.0562 e. The highest BCUT2D eigenvalue weighted by molar-refractivity contribution is 7.67. The van der Waals surface area contributed by atoms with Crippen LogP contribution in [0.5, 0.6) is 0 Å². The van der Waals surface area contributed by atoms with E-state index in [9.17, 15) is 4.21 Å². The molecule has 0 N–H and O–H groups in total. The fourth-order valence-corrected chi connectivity index (χ4v) is 0.144. The Labute approximate surface area is 48.6 Å². The van der Waals surface area contributed by atoms with Crippen LogP contribution in [0, 0.1) is 6.42 Å². The highest BCUT2D eigenvalue weighted by Crippen LogP contribution is 2.07. The first-order valence-corrected chi connectivity index (χ1v) is 2.98. The van der Waals surface area contributed by atoms with Crippen LogP contribution in [0.25, 0.3) is 0 Å². The van der Waals surface area contributed by atoms with Crippen molar-refractivity contribution in [1.29, 1.82) is 0 Å². The molecule has 0 aliphatic rings. The van der Waals surface area contributed by atoms with Gasteiger partial charge in [0.25, 0.3) is 0 Å². The Hall–Kier alpha value is 0.0200. The van der Waals surface area contributed by atoms with Crippen molar-refractivity contribution in [2.45, 2.75) is 25.5 Å². The summed E-state index contributed by atoms with van der Waals surface area (Å²) in [4.78, 5) is 0. The van der Waals surface area contributed by atoms with Gasteiger partial charge in [0.05, 0.1) is 0 Å². The van der Waals surface area contributed by atoms with E-state index in [0.717, 1.165) is 0 Å². The van der Waals surface area contributed by atoms with Gasteiger partial charge in [0.15, 0.2) is 0 Å². The molecule has 7 heavy (non-hydrogen) atoms. The van der Waals surface area contributed by atoms with E-state index in [2.05, 4.69) is 0 Å². The maximum atomic E-state index is 10.1. The lowest BCUT2D eigenvalue weighted by Crippen LogP contribution is -2.15. The third-order valence-corrected chi connectivity index (χ3v) is 1.58. The molecular formula is C5H10OS+. The molecule has 0 unspecified atom stereocenters. The normalized spacial score (nSPS) is 11.3. The zero-order valence-electron chi connectivity index (χ0n) is 4.89. The molecule has 0 aliphatic carbocycles. The molecule has 0 aromatic heterocycles. The van der Waals surface area contributed by atoms with Gasteiger partial charge in [-0.25, -0.2) is 0 Å². The zero-order valence-corrected chi connectivity index (χ0v) is 5.71. The smallest absolute Gasteiger partial charge is 0.0562 e. The minimum absolute atomic E-state index is 0.181. The van der Waals surface area contributed by atoms with E-state index in [1.165, 1.54) is 0 Å². The van der Waals surface area contributed by atoms with E-state index in [-0.39, 0.29) is 4.75 Å². The van der Waals surface area contributed by atoms with E-state index in [1.807, 2.05) is 27.2 Å². The molecule has 0 aromatic rings. The highest BCUT2D eigenvalue weighted by atomic mass is 32.1. The summed E-state index contributed by atoms with van der Waals surface area (Å²) in [6.45, 7) is 5.68. The van der Waals surface area contributed by atoms with Crippen molar-refractivity contribution in [2.75, 3.05) is 0 Å². The Morgan fingerprint density at radius 2 is 2.00 bits per heavy atom. The number of rotatable bonds is 2. The lowest BCUT2D eigenvalue weighted by atomic mass is 10.1. The van der Waals surface area contributed by atoms with E-state index in [1.54, 1.807) is 0 Å². The fraction of sp³-hybridized carbons (Fsp3) is 0.800. The second kappa shape index (κ2) is 2.36. The Morgan fingerprint density at radius 3 is 2.00 bits per heavy atom. The van der Waals surface area contributed by atoms with Crippen LogP contribution in [-0.4, -0.2) is 4.75 Å². The zero-order chi connectivity index (χ0) is 5.91. The van der Waals surface area contributed by atoms with Gasteiger partial charge >= 0.3 is 11.7 Å². The predicted octanol–water partition coefficient (Wildman–Crippen LogP) is 1.42. The monoisotopic (exact) mass is 118 g/mol. The molecule has 2 heteroatoms. The van der Waals surface area contributed by atoms with Crippen molar-refractivity contribution in [1.82, 2.24) is 0 Å². The quantitative estimate of drug-likeness (QED) is 0.501. The first kappa shape index (κ1) is 7.02. The first-order chi connectivity index (χ1) is 3.12. The number of hydrogen-bond donors (Lipinski definition) is 0. The summed E-state index contributed by atoms with van der Waals surface area (Å²) < 4.78 is 9.89. The van der Waals surface area contributed by atoms with Crippen LogP contribution in [0.3, 0.4) is 0 Å². The van der Waals surface area contributed by atoms with Crippen LogP contribution in [0.4, 0.5) is 0 Å². The molecule has 0 atom stereocenters. The van der Waals surface area contributed by atoms with Gasteiger partial charge in [0, 0.05) is 24.5 Å². The van der Waals surface area contributed by atoms with Gasteiger partial charge in [-0.05, 0) is 0 Å². The average molecular weight is 118 g/mol. The van der Waals surface area contributed by atoms with Crippen LogP contribution in [0.15, 0.2) is 0 Å². The van der Waals surface area contributed by atoms with Crippen molar-refractivity contribution in [3.63, 3.8) is 0 Å². The van der Waals surface area contributed by atoms with Gasteiger partial charge in [-0.1, -0.05) is 6.92 Å². The molecule has 0 spiro atoms. The predicted molar refractivity (Wildman–Crippen MR) is 32.1 cm³/mol. The van der Waals surface area contributed by atoms with E-state index in [4.69, 9.17) is 0 Å². The molecule has 0 saturated heterocycles. The van der Waals surface area contributed by atoms with Gasteiger partial charge in [-0.2, -0.15) is 0 Å². The van der Waals surface area contributed by atoms with E-state index >= 15 is 0 Å². The molecule has 0 rings (SSSR count). The minimum atomic E-state index is -0.181. The lowest BCUT2D eigenvalue weighted by molar-refractivity contribution is 0.590. The summed E-state index contributed by atoms with van der Waals surface area (Å²) in [7, 11) is 0. The number of hydrogen-bond acceptors (Lipinski definition) is 1. The highest BCUT2D eigenvalue weighted by Gasteiger charge is 2.29. The van der Waals surface area contributed by atoms with Gasteiger partial charge < -0.3 is 0 Å². The molecule has 0 aromatic carbocycles. The molecule has 41 valence electrons. The second-order valence-corrected chi connectivity index (χ2v) is 3.19. The largest absolute Gasteiger partial charge is 0.465 e. The third-order valence-electron chi connectivity index (χ3n) is 0.910. The molecule has 1 radical (unpaired) electrons. The van der Waals surface area contributed by atoms with Crippen LogP contribution < -0.4 is 0 Å². The standard InChI is InChI=1S/C5H10OS/c1-4-5(2,3)7-6/h4H,1-3H3/q+1. The summed E-state index contributed by atoms with van der Waals surface area (Å²) in [5.74, 6) is 0. The Kier molecular flexibility index (Phi) is 2.37. The Bertz CT molecular complexity index is 68.5. The maximum Gasteiger partial charge on any atom is 0.465 e. The van der Waals surface area contributed by atoms with E-state index < -0.39 is 0 Å². The van der Waals surface area contributed by atoms with Crippen LogP contribution >= 0.6 is 0 Å². The summed E-state index contributed by atoms with van der Waals surface area (Å²) >= 11 is 0.622. The maximum absolute atomic E-state index is 10.1. The van der Waals surface area contributed by atoms with Crippen LogP contribution in [-0.2, 0) is 15.9 Å². The van der Waals surface area contributed by atoms with Gasteiger partial charge in [0.1, 0.15) is 0 Å². The van der Waals surface area contributed by atoms with Gasteiger partial charge in [-0.15, -0.1) is 0 Å². The molecule has 0 bridgehead atoms. The fourth-order valence-electron chi connectivity index (χ4n) is 0.0481.